The Balaban J connectivity index is 1.38. The fourth-order valence-electron chi connectivity index (χ4n) is 10.7. The maximum Gasteiger partial charge on any atom is 0.0599 e. The lowest BCUT2D eigenvalue weighted by molar-refractivity contribution is -0.139. The third-order valence-electron chi connectivity index (χ3n) is 12.3. The van der Waals surface area contributed by atoms with Crippen molar-refractivity contribution in [3.05, 3.63) is 11.6 Å². The van der Waals surface area contributed by atoms with Gasteiger partial charge in [-0.05, 0) is 110 Å². The number of aliphatic hydroxyl groups is 1. The lowest BCUT2D eigenvalue weighted by Crippen LogP contribution is -2.57. The molecular formula is C31H52O. The zero-order valence-corrected chi connectivity index (χ0v) is 22.0. The summed E-state index contributed by atoms with van der Waals surface area (Å²) >= 11 is 0. The van der Waals surface area contributed by atoms with Gasteiger partial charge in [-0.25, -0.2) is 0 Å². The molecule has 1 nitrogen and oxygen atoms in total. The quantitative estimate of drug-likeness (QED) is 0.424. The van der Waals surface area contributed by atoms with Crippen molar-refractivity contribution in [2.45, 2.75) is 131 Å². The van der Waals surface area contributed by atoms with Crippen molar-refractivity contribution >= 4 is 0 Å². The third-order valence-corrected chi connectivity index (χ3v) is 12.3. The first kappa shape index (κ1) is 23.4. The molecular weight excluding hydrogens is 388 g/mol. The predicted molar refractivity (Wildman–Crippen MR) is 135 cm³/mol. The molecule has 0 bridgehead atoms. The number of allylic oxidation sites excluding steroid dienone is 2. The summed E-state index contributed by atoms with van der Waals surface area (Å²) in [6, 6.07) is 0. The maximum atomic E-state index is 11.2. The molecule has 8 atom stereocenters. The first-order chi connectivity index (χ1) is 15.2. The van der Waals surface area contributed by atoms with E-state index in [0.29, 0.717) is 10.8 Å². The molecule has 0 heterocycles. The Morgan fingerprint density at radius 2 is 1.56 bits per heavy atom. The lowest BCUT2D eigenvalue weighted by atomic mass is 9.42. The topological polar surface area (TPSA) is 20.2 Å². The number of hydrogen-bond acceptors (Lipinski definition) is 1. The van der Waals surface area contributed by atoms with Crippen LogP contribution in [0, 0.1) is 51.8 Å². The first-order valence-corrected chi connectivity index (χ1v) is 14.6. The first-order valence-electron chi connectivity index (χ1n) is 14.6. The average Bonchev–Trinajstić information content (AvgIpc) is 3.36. The van der Waals surface area contributed by atoms with E-state index in [1.807, 2.05) is 5.57 Å². The fourth-order valence-corrected chi connectivity index (χ4v) is 10.7. The Hall–Kier alpha value is -0.300. The van der Waals surface area contributed by atoms with Crippen LogP contribution in [-0.4, -0.2) is 11.2 Å². The lowest BCUT2D eigenvalue weighted by Gasteiger charge is -2.62. The summed E-state index contributed by atoms with van der Waals surface area (Å²) < 4.78 is 0. The van der Waals surface area contributed by atoms with Gasteiger partial charge in [0, 0.05) is 0 Å². The summed E-state index contributed by atoms with van der Waals surface area (Å²) in [5.74, 6) is 5.05. The number of aliphatic hydroxyl groups excluding tert-OH is 1. The smallest absolute Gasteiger partial charge is 0.0599 e. The molecule has 1 spiro atoms. The molecule has 1 N–H and O–H groups in total. The standard InChI is InChI=1S/C31H52O/c1-21(2)9-8-10-22(3)24-12-13-25-23-11-14-27-30(5,26(23)15-19-29(24,25)4)20-16-28(32)31(27)17-6-7-18-31/h11,21-22,24-28,32H,6-10,12-20H2,1-5H3/t22-,24-,25+,26+,27?,28-,29-,30-/m1/s1. The Labute approximate surface area is 199 Å². The van der Waals surface area contributed by atoms with Gasteiger partial charge in [-0.15, -0.1) is 0 Å². The predicted octanol–water partition coefficient (Wildman–Crippen LogP) is 8.56. The normalized spacial score (nSPS) is 46.0. The molecule has 182 valence electrons. The minimum atomic E-state index is -0.0329. The Bertz CT molecular complexity index is 714. The molecule has 0 saturated heterocycles. The second kappa shape index (κ2) is 8.42. The van der Waals surface area contributed by atoms with Crippen molar-refractivity contribution in [3.63, 3.8) is 0 Å². The molecule has 0 radical (unpaired) electrons. The van der Waals surface area contributed by atoms with Crippen LogP contribution in [0.1, 0.15) is 125 Å². The van der Waals surface area contributed by atoms with Gasteiger partial charge in [0.15, 0.2) is 0 Å². The molecule has 5 aliphatic carbocycles. The van der Waals surface area contributed by atoms with Gasteiger partial charge >= 0.3 is 0 Å². The van der Waals surface area contributed by atoms with E-state index in [-0.39, 0.29) is 11.5 Å². The van der Waals surface area contributed by atoms with Gasteiger partial charge in [0.1, 0.15) is 0 Å². The van der Waals surface area contributed by atoms with Crippen LogP contribution < -0.4 is 0 Å². The third kappa shape index (κ3) is 3.41. The van der Waals surface area contributed by atoms with Gasteiger partial charge < -0.3 is 5.11 Å². The highest BCUT2D eigenvalue weighted by molar-refractivity contribution is 5.29. The van der Waals surface area contributed by atoms with Crippen molar-refractivity contribution in [2.24, 2.45) is 51.8 Å². The minimum Gasteiger partial charge on any atom is -0.393 e. The molecule has 32 heavy (non-hydrogen) atoms. The average molecular weight is 441 g/mol. The molecule has 0 aromatic heterocycles. The second-order valence-electron chi connectivity index (χ2n) is 14.1. The van der Waals surface area contributed by atoms with Crippen LogP contribution in [0.4, 0.5) is 0 Å². The molecule has 0 aliphatic heterocycles. The SMILES string of the molecule is CC(C)CCC[C@@H](C)[C@H]1CC[C@H]2C3=CCC4C5(CCCC5)[C@H](O)CC[C@]4(C)[C@H]3CC[C@]12C. The van der Waals surface area contributed by atoms with Crippen molar-refractivity contribution in [3.8, 4) is 0 Å². The van der Waals surface area contributed by atoms with Gasteiger partial charge in [-0.3, -0.25) is 0 Å². The molecule has 0 aromatic rings. The van der Waals surface area contributed by atoms with Crippen LogP contribution >= 0.6 is 0 Å². The summed E-state index contributed by atoms with van der Waals surface area (Å²) in [5.41, 5.74) is 3.13. The summed E-state index contributed by atoms with van der Waals surface area (Å²) in [4.78, 5) is 0. The molecule has 1 heteroatoms. The fraction of sp³-hybridized carbons (Fsp3) is 0.935. The van der Waals surface area contributed by atoms with Crippen molar-refractivity contribution in [2.75, 3.05) is 0 Å². The van der Waals surface area contributed by atoms with Crippen molar-refractivity contribution in [1.82, 2.24) is 0 Å². The molecule has 5 aliphatic rings. The van der Waals surface area contributed by atoms with E-state index in [1.54, 1.807) is 0 Å². The molecule has 4 saturated carbocycles. The Morgan fingerprint density at radius 3 is 2.28 bits per heavy atom. The van der Waals surface area contributed by atoms with Gasteiger partial charge in [-0.2, -0.15) is 0 Å². The van der Waals surface area contributed by atoms with E-state index in [4.69, 9.17) is 0 Å². The van der Waals surface area contributed by atoms with E-state index < -0.39 is 0 Å². The highest BCUT2D eigenvalue weighted by Gasteiger charge is 2.63. The maximum absolute atomic E-state index is 11.2. The Kier molecular flexibility index (Phi) is 6.17. The zero-order valence-electron chi connectivity index (χ0n) is 22.0. The molecule has 1 unspecified atom stereocenters. The Morgan fingerprint density at radius 1 is 0.875 bits per heavy atom. The number of rotatable bonds is 5. The van der Waals surface area contributed by atoms with Crippen molar-refractivity contribution < 1.29 is 5.11 Å². The van der Waals surface area contributed by atoms with Crippen LogP contribution in [-0.2, 0) is 0 Å². The van der Waals surface area contributed by atoms with Gasteiger partial charge in [0.25, 0.3) is 0 Å². The van der Waals surface area contributed by atoms with Crippen LogP contribution in [0.2, 0.25) is 0 Å². The highest BCUT2D eigenvalue weighted by Crippen LogP contribution is 2.70. The summed E-state index contributed by atoms with van der Waals surface area (Å²) in [6.07, 6.45) is 21.7. The van der Waals surface area contributed by atoms with Gasteiger partial charge in [-0.1, -0.05) is 78.4 Å². The summed E-state index contributed by atoms with van der Waals surface area (Å²) in [6.45, 7) is 12.7. The minimum absolute atomic E-state index is 0.0329. The molecule has 5 rings (SSSR count). The molecule has 4 fully saturated rings. The molecule has 0 amide bonds. The number of fused-ring (bicyclic) bond motifs is 6. The van der Waals surface area contributed by atoms with E-state index in [1.165, 1.54) is 83.5 Å². The zero-order chi connectivity index (χ0) is 22.7. The second-order valence-corrected chi connectivity index (χ2v) is 14.1. The van der Waals surface area contributed by atoms with Crippen LogP contribution in [0.3, 0.4) is 0 Å². The van der Waals surface area contributed by atoms with E-state index in [0.717, 1.165) is 41.9 Å². The summed E-state index contributed by atoms with van der Waals surface area (Å²) in [7, 11) is 0. The van der Waals surface area contributed by atoms with Crippen molar-refractivity contribution in [1.29, 1.82) is 0 Å². The largest absolute Gasteiger partial charge is 0.393 e. The van der Waals surface area contributed by atoms with Crippen LogP contribution in [0.25, 0.3) is 0 Å². The van der Waals surface area contributed by atoms with Gasteiger partial charge in [0.05, 0.1) is 6.10 Å². The monoisotopic (exact) mass is 440 g/mol. The summed E-state index contributed by atoms with van der Waals surface area (Å²) in [5, 5.41) is 11.2. The van der Waals surface area contributed by atoms with E-state index >= 15 is 0 Å². The number of hydrogen-bond donors (Lipinski definition) is 1. The van der Waals surface area contributed by atoms with E-state index in [2.05, 4.69) is 40.7 Å². The highest BCUT2D eigenvalue weighted by atomic mass is 16.3. The van der Waals surface area contributed by atoms with E-state index in [9.17, 15) is 5.11 Å². The van der Waals surface area contributed by atoms with Gasteiger partial charge in [0.2, 0.25) is 0 Å². The van der Waals surface area contributed by atoms with Crippen LogP contribution in [0.5, 0.6) is 0 Å². The molecule has 0 aromatic carbocycles. The van der Waals surface area contributed by atoms with Crippen LogP contribution in [0.15, 0.2) is 11.6 Å².